The van der Waals surface area contributed by atoms with Crippen LogP contribution in [-0.2, 0) is 14.4 Å². The third-order valence-corrected chi connectivity index (χ3v) is 1.87. The second kappa shape index (κ2) is 5.60. The van der Waals surface area contributed by atoms with Crippen LogP contribution in [0.5, 0.6) is 0 Å². The molecule has 0 aliphatic rings. The number of hydrogen-bond acceptors (Lipinski definition) is 3. The lowest BCUT2D eigenvalue weighted by molar-refractivity contribution is -0.146. The molecule has 0 aliphatic carbocycles. The van der Waals surface area contributed by atoms with Crippen LogP contribution in [0.3, 0.4) is 0 Å². The van der Waals surface area contributed by atoms with E-state index < -0.39 is 11.8 Å². The minimum atomic E-state index is -1.49. The Kier molecular flexibility index (Phi) is 4.16. The molecule has 1 aromatic rings. The van der Waals surface area contributed by atoms with Crippen molar-refractivity contribution in [2.45, 2.75) is 6.92 Å². The van der Waals surface area contributed by atoms with E-state index in [1.807, 2.05) is 0 Å². The average Bonchev–Trinajstić information content (AvgIpc) is 2.26. The van der Waals surface area contributed by atoms with Crippen LogP contribution in [-0.4, -0.2) is 22.8 Å². The number of ketones is 1. The van der Waals surface area contributed by atoms with E-state index in [-0.39, 0.29) is 5.91 Å². The van der Waals surface area contributed by atoms with Gasteiger partial charge in [-0.3, -0.25) is 9.59 Å². The van der Waals surface area contributed by atoms with Gasteiger partial charge in [0.2, 0.25) is 5.91 Å². The number of carbonyl (C=O) groups is 3. The molecule has 0 saturated carbocycles. The number of nitrogens with one attached hydrogen (secondary N) is 1. The van der Waals surface area contributed by atoms with Gasteiger partial charge in [0.1, 0.15) is 0 Å². The van der Waals surface area contributed by atoms with E-state index in [1.54, 1.807) is 24.3 Å². The summed E-state index contributed by atoms with van der Waals surface area (Å²) in [6.45, 7) is 1.40. The molecular formula is C12H11NO4. The molecule has 0 radical (unpaired) electrons. The molecule has 0 heterocycles. The SMILES string of the molecule is CC(=O)Nc1ccc(/C=C/C(=O)C(=O)O)cc1. The average molecular weight is 233 g/mol. The molecule has 1 rings (SSSR count). The number of carboxylic acid groups (broad SMARTS) is 1. The zero-order chi connectivity index (χ0) is 12.8. The summed E-state index contributed by atoms with van der Waals surface area (Å²) in [5.41, 5.74) is 1.31. The van der Waals surface area contributed by atoms with Crippen LogP contribution in [0.1, 0.15) is 12.5 Å². The van der Waals surface area contributed by atoms with E-state index in [1.165, 1.54) is 13.0 Å². The predicted octanol–water partition coefficient (Wildman–Crippen LogP) is 1.31. The van der Waals surface area contributed by atoms with Gasteiger partial charge in [-0.15, -0.1) is 0 Å². The van der Waals surface area contributed by atoms with E-state index in [4.69, 9.17) is 5.11 Å². The summed E-state index contributed by atoms with van der Waals surface area (Å²) in [4.78, 5) is 31.8. The molecule has 0 fully saturated rings. The van der Waals surface area contributed by atoms with Crippen molar-refractivity contribution in [2.24, 2.45) is 0 Å². The maximum Gasteiger partial charge on any atom is 0.376 e. The largest absolute Gasteiger partial charge is 0.475 e. The highest BCUT2D eigenvalue weighted by atomic mass is 16.4. The number of hydrogen-bond donors (Lipinski definition) is 2. The second-order valence-corrected chi connectivity index (χ2v) is 3.31. The van der Waals surface area contributed by atoms with E-state index in [2.05, 4.69) is 5.32 Å². The number of aliphatic carboxylic acids is 1. The maximum atomic E-state index is 10.8. The van der Waals surface area contributed by atoms with Gasteiger partial charge in [0, 0.05) is 12.6 Å². The summed E-state index contributed by atoms with van der Waals surface area (Å²) in [6, 6.07) is 6.65. The highest BCUT2D eigenvalue weighted by Crippen LogP contribution is 2.10. The van der Waals surface area contributed by atoms with Crippen LogP contribution >= 0.6 is 0 Å². The van der Waals surface area contributed by atoms with Crippen molar-refractivity contribution in [1.82, 2.24) is 0 Å². The summed E-state index contributed by atoms with van der Waals surface area (Å²) in [5.74, 6) is -2.64. The van der Waals surface area contributed by atoms with Crippen LogP contribution in [0.2, 0.25) is 0 Å². The molecule has 0 spiro atoms. The molecule has 2 N–H and O–H groups in total. The second-order valence-electron chi connectivity index (χ2n) is 3.31. The fraction of sp³-hybridized carbons (Fsp3) is 0.0833. The summed E-state index contributed by atoms with van der Waals surface area (Å²) < 4.78 is 0. The third-order valence-electron chi connectivity index (χ3n) is 1.87. The number of benzene rings is 1. The van der Waals surface area contributed by atoms with Crippen molar-refractivity contribution in [3.8, 4) is 0 Å². The number of carboxylic acids is 1. The Bertz CT molecular complexity index is 474. The lowest BCUT2D eigenvalue weighted by atomic mass is 10.2. The molecule has 5 nitrogen and oxygen atoms in total. The predicted molar refractivity (Wildman–Crippen MR) is 62.4 cm³/mol. The summed E-state index contributed by atoms with van der Waals surface area (Å²) >= 11 is 0. The monoisotopic (exact) mass is 233 g/mol. The topological polar surface area (TPSA) is 83.5 Å². The third kappa shape index (κ3) is 4.29. The van der Waals surface area contributed by atoms with E-state index in [0.29, 0.717) is 11.3 Å². The molecule has 0 atom stereocenters. The van der Waals surface area contributed by atoms with Gasteiger partial charge in [-0.2, -0.15) is 0 Å². The number of rotatable bonds is 4. The molecule has 0 bridgehead atoms. The minimum Gasteiger partial charge on any atom is -0.475 e. The highest BCUT2D eigenvalue weighted by molar-refractivity contribution is 6.38. The normalized spacial score (nSPS) is 10.2. The number of amides is 1. The first-order valence-electron chi connectivity index (χ1n) is 4.82. The van der Waals surface area contributed by atoms with Crippen molar-refractivity contribution >= 4 is 29.4 Å². The fourth-order valence-electron chi connectivity index (χ4n) is 1.12. The Morgan fingerprint density at radius 2 is 1.76 bits per heavy atom. The van der Waals surface area contributed by atoms with Crippen molar-refractivity contribution < 1.29 is 19.5 Å². The van der Waals surface area contributed by atoms with Crippen LogP contribution in [0.25, 0.3) is 6.08 Å². The fourth-order valence-corrected chi connectivity index (χ4v) is 1.12. The summed E-state index contributed by atoms with van der Waals surface area (Å²) in [7, 11) is 0. The van der Waals surface area contributed by atoms with Crippen molar-refractivity contribution in [3.05, 3.63) is 35.9 Å². The molecule has 1 aromatic carbocycles. The standard InChI is InChI=1S/C12H11NO4/c1-8(14)13-10-5-2-9(3-6-10)4-7-11(15)12(16)17/h2-7H,1H3,(H,13,14)(H,16,17)/b7-4+. The molecule has 88 valence electrons. The van der Waals surface area contributed by atoms with Crippen LogP contribution in [0.15, 0.2) is 30.3 Å². The Labute approximate surface area is 97.8 Å². The summed E-state index contributed by atoms with van der Waals surface area (Å²) in [6.07, 6.45) is 2.38. The molecule has 17 heavy (non-hydrogen) atoms. The Morgan fingerprint density at radius 1 is 1.18 bits per heavy atom. The zero-order valence-corrected chi connectivity index (χ0v) is 9.14. The van der Waals surface area contributed by atoms with Crippen LogP contribution < -0.4 is 5.32 Å². The number of anilines is 1. The first kappa shape index (κ1) is 12.6. The van der Waals surface area contributed by atoms with Gasteiger partial charge < -0.3 is 10.4 Å². The van der Waals surface area contributed by atoms with E-state index in [9.17, 15) is 14.4 Å². The smallest absolute Gasteiger partial charge is 0.376 e. The Morgan fingerprint density at radius 3 is 2.24 bits per heavy atom. The number of carbonyl (C=O) groups excluding carboxylic acids is 2. The highest BCUT2D eigenvalue weighted by Gasteiger charge is 2.05. The van der Waals surface area contributed by atoms with E-state index >= 15 is 0 Å². The van der Waals surface area contributed by atoms with Crippen molar-refractivity contribution in [1.29, 1.82) is 0 Å². The first-order chi connectivity index (χ1) is 7.99. The van der Waals surface area contributed by atoms with Gasteiger partial charge in [0.05, 0.1) is 0 Å². The molecule has 0 aromatic heterocycles. The molecule has 5 heteroatoms. The maximum absolute atomic E-state index is 10.8. The van der Waals surface area contributed by atoms with Gasteiger partial charge in [-0.25, -0.2) is 4.79 Å². The molecule has 1 amide bonds. The van der Waals surface area contributed by atoms with Gasteiger partial charge in [0.25, 0.3) is 5.78 Å². The van der Waals surface area contributed by atoms with Gasteiger partial charge >= 0.3 is 5.97 Å². The zero-order valence-electron chi connectivity index (χ0n) is 9.14. The molecular weight excluding hydrogens is 222 g/mol. The van der Waals surface area contributed by atoms with Gasteiger partial charge in [-0.1, -0.05) is 18.2 Å². The summed E-state index contributed by atoms with van der Waals surface area (Å²) in [5, 5.41) is 10.9. The van der Waals surface area contributed by atoms with E-state index in [0.717, 1.165) is 6.08 Å². The van der Waals surface area contributed by atoms with Gasteiger partial charge in [0.15, 0.2) is 0 Å². The molecule has 0 unspecified atom stereocenters. The molecule has 0 aliphatic heterocycles. The van der Waals surface area contributed by atoms with Crippen molar-refractivity contribution in [3.63, 3.8) is 0 Å². The first-order valence-corrected chi connectivity index (χ1v) is 4.82. The van der Waals surface area contributed by atoms with Gasteiger partial charge in [-0.05, 0) is 23.8 Å². The van der Waals surface area contributed by atoms with Crippen LogP contribution in [0.4, 0.5) is 5.69 Å². The van der Waals surface area contributed by atoms with Crippen molar-refractivity contribution in [2.75, 3.05) is 5.32 Å². The Balaban J connectivity index is 2.71. The quantitative estimate of drug-likeness (QED) is 0.606. The lowest BCUT2D eigenvalue weighted by Gasteiger charge is -2.01. The van der Waals surface area contributed by atoms with Crippen LogP contribution in [0, 0.1) is 0 Å². The minimum absolute atomic E-state index is 0.172. The lowest BCUT2D eigenvalue weighted by Crippen LogP contribution is -2.08. The Hall–Kier alpha value is -2.43. The molecule has 0 saturated heterocycles.